The van der Waals surface area contributed by atoms with E-state index in [1.165, 1.54) is 12.8 Å². The first-order valence-electron chi connectivity index (χ1n) is 2.26. The zero-order valence-electron chi connectivity index (χ0n) is 4.44. The molecule has 0 rings (SSSR count). The zero-order chi connectivity index (χ0) is 4.83. The molecular weight excluding hydrogens is 202 g/mol. The Labute approximate surface area is 53.5 Å². The van der Waals surface area contributed by atoms with Crippen LogP contribution in [0.5, 0.6) is 0 Å². The second-order valence-electron chi connectivity index (χ2n) is 1.25. The second-order valence-corrected chi connectivity index (χ2v) is 3.50. The van der Waals surface area contributed by atoms with Crippen molar-refractivity contribution in [2.24, 2.45) is 0 Å². The number of halogens is 1. The van der Waals surface area contributed by atoms with E-state index in [1.807, 2.05) is 0 Å². The quantitative estimate of drug-likeness (QED) is 0.510. The van der Waals surface area contributed by atoms with Gasteiger partial charge in [0.15, 0.2) is 0 Å². The topological polar surface area (TPSA) is 17.1 Å². The molecule has 0 aliphatic carbocycles. The van der Waals surface area contributed by atoms with Crippen molar-refractivity contribution in [3.8, 4) is 0 Å². The number of unbranched alkanes of at least 4 members (excludes halogenated alkanes) is 1. The van der Waals surface area contributed by atoms with E-state index in [-0.39, 0.29) is 4.70 Å². The van der Waals surface area contributed by atoms with Crippen molar-refractivity contribution in [3.63, 3.8) is 0 Å². The third-order valence-corrected chi connectivity index (χ3v) is 2.22. The summed E-state index contributed by atoms with van der Waals surface area (Å²) in [6, 6.07) is 0. The predicted molar refractivity (Wildman–Crippen MR) is 28.7 cm³/mol. The molecule has 0 amide bonds. The van der Waals surface area contributed by atoms with Crippen LogP contribution in [0.15, 0.2) is 0 Å². The molecule has 0 heterocycles. The largest absolute Gasteiger partial charge is 0.269 e. The van der Waals surface area contributed by atoms with Crippen LogP contribution in [-0.4, -0.2) is 21.1 Å². The Morgan fingerprint density at radius 2 is 2.14 bits per heavy atom. The zero-order valence-corrected chi connectivity index (χ0v) is 7.29. The minimum Gasteiger partial charge on any atom is -0.269 e. The van der Waals surface area contributed by atoms with Crippen LogP contribution in [0.4, 0.5) is 4.70 Å². The van der Waals surface area contributed by atoms with Gasteiger partial charge in [-0.05, 0) is 0 Å². The first-order chi connectivity index (χ1) is 2.91. The minimum atomic E-state index is -1.06. The summed E-state index contributed by atoms with van der Waals surface area (Å²) >= 11 is -1.06. The van der Waals surface area contributed by atoms with Gasteiger partial charge in [0.2, 0.25) is 0 Å². The van der Waals surface area contributed by atoms with E-state index in [4.69, 9.17) is 0 Å². The molecule has 3 heteroatoms. The van der Waals surface area contributed by atoms with Crippen LogP contribution < -0.4 is 0 Å². The maximum absolute atomic E-state index is 9.86. The van der Waals surface area contributed by atoms with E-state index >= 15 is 0 Å². The molecule has 0 fully saturated rings. The molecule has 0 aromatic carbocycles. The molecule has 0 saturated carbocycles. The first kappa shape index (κ1) is 10.5. The summed E-state index contributed by atoms with van der Waals surface area (Å²) in [6.07, 6.45) is 2.37. The van der Waals surface area contributed by atoms with Crippen molar-refractivity contribution in [2.75, 3.05) is 0 Å². The molecule has 1 nitrogen and oxygen atoms in total. The van der Waals surface area contributed by atoms with E-state index in [0.29, 0.717) is 0 Å². The average Bonchev–Trinajstić information content (AvgIpc) is 1.61. The normalized spacial score (nSPS) is 7.00. The third kappa shape index (κ3) is 10.8. The van der Waals surface area contributed by atoms with Crippen LogP contribution in [0, 0.1) is 0 Å². The Bertz CT molecular complexity index is 40.7. The summed E-state index contributed by atoms with van der Waals surface area (Å²) in [5.41, 5.74) is 0. The molecule has 0 aromatic heterocycles. The van der Waals surface area contributed by atoms with Crippen LogP contribution in [0.2, 0.25) is 4.44 Å². The molecule has 0 aromatic rings. The van der Waals surface area contributed by atoms with Gasteiger partial charge in [-0.25, -0.2) is 0 Å². The maximum Gasteiger partial charge on any atom is -0.269 e. The van der Waals surface area contributed by atoms with E-state index in [1.54, 1.807) is 0 Å². The summed E-state index contributed by atoms with van der Waals surface area (Å²) in [4.78, 5) is 0. The van der Waals surface area contributed by atoms with Gasteiger partial charge in [-0.2, -0.15) is 0 Å². The summed E-state index contributed by atoms with van der Waals surface area (Å²) in [5, 5.41) is 0. The Kier molecular flexibility index (Phi) is 14.6. The fraction of sp³-hybridized carbons (Fsp3) is 1.00. The van der Waals surface area contributed by atoms with Crippen molar-refractivity contribution in [1.29, 1.82) is 0 Å². The van der Waals surface area contributed by atoms with Gasteiger partial charge in [-0.3, -0.25) is 4.70 Å². The molecule has 0 spiro atoms. The minimum absolute atomic E-state index is 0. The third-order valence-electron chi connectivity index (χ3n) is 0.632. The van der Waals surface area contributed by atoms with Gasteiger partial charge in [-0.1, -0.05) is 0 Å². The SMILES string of the molecule is CCC[CH2][Sn]=[O].F. The van der Waals surface area contributed by atoms with Crippen LogP contribution in [0.25, 0.3) is 0 Å². The van der Waals surface area contributed by atoms with Crippen molar-refractivity contribution < 1.29 is 7.78 Å². The summed E-state index contributed by atoms with van der Waals surface area (Å²) in [7, 11) is 0. The fourth-order valence-electron chi connectivity index (χ4n) is 0.249. The van der Waals surface area contributed by atoms with Crippen LogP contribution in [-0.2, 0) is 3.08 Å². The van der Waals surface area contributed by atoms with Crippen molar-refractivity contribution in [3.05, 3.63) is 0 Å². The van der Waals surface area contributed by atoms with Crippen LogP contribution in [0.3, 0.4) is 0 Å². The van der Waals surface area contributed by atoms with Gasteiger partial charge in [0, 0.05) is 0 Å². The van der Waals surface area contributed by atoms with Crippen molar-refractivity contribution >= 4 is 21.1 Å². The number of hydrogen-bond acceptors (Lipinski definition) is 1. The molecular formula is C4H10FOSn. The van der Waals surface area contributed by atoms with Gasteiger partial charge in [0.05, 0.1) is 0 Å². The van der Waals surface area contributed by atoms with Gasteiger partial charge < -0.3 is 0 Å². The molecule has 0 N–H and O–H groups in total. The van der Waals surface area contributed by atoms with Gasteiger partial charge in [0.25, 0.3) is 0 Å². The Morgan fingerprint density at radius 1 is 1.57 bits per heavy atom. The molecule has 43 valence electrons. The van der Waals surface area contributed by atoms with E-state index in [0.717, 1.165) is 4.44 Å². The Hall–Kier alpha value is 0.529. The van der Waals surface area contributed by atoms with E-state index in [2.05, 4.69) is 6.92 Å². The molecule has 0 saturated heterocycles. The van der Waals surface area contributed by atoms with Gasteiger partial charge in [0.1, 0.15) is 0 Å². The average molecular weight is 212 g/mol. The first-order valence-corrected chi connectivity index (χ1v) is 5.45. The Morgan fingerprint density at radius 3 is 2.29 bits per heavy atom. The molecule has 0 aliphatic heterocycles. The number of hydrogen-bond donors (Lipinski definition) is 0. The van der Waals surface area contributed by atoms with Gasteiger partial charge in [-0.15, -0.1) is 0 Å². The van der Waals surface area contributed by atoms with E-state index in [9.17, 15) is 3.08 Å². The predicted octanol–water partition coefficient (Wildman–Crippen LogP) is 1.41. The van der Waals surface area contributed by atoms with Crippen LogP contribution in [0.1, 0.15) is 19.8 Å². The maximum atomic E-state index is 9.86. The smallest absolute Gasteiger partial charge is 0.269 e. The molecule has 7 heavy (non-hydrogen) atoms. The Balaban J connectivity index is 0. The van der Waals surface area contributed by atoms with Gasteiger partial charge >= 0.3 is 48.4 Å². The van der Waals surface area contributed by atoms with Crippen LogP contribution >= 0.6 is 0 Å². The standard InChI is InChI=1S/C4H9.FH.O.Sn/c1-3-4-2;;;/h1,3-4H2,2H3;1H;;. The second kappa shape index (κ2) is 9.73. The molecule has 0 unspecified atom stereocenters. The summed E-state index contributed by atoms with van der Waals surface area (Å²) in [6.45, 7) is 2.12. The molecule has 0 aliphatic rings. The molecule has 0 atom stereocenters. The van der Waals surface area contributed by atoms with Crippen molar-refractivity contribution in [2.45, 2.75) is 24.2 Å². The van der Waals surface area contributed by atoms with Crippen molar-refractivity contribution in [1.82, 2.24) is 0 Å². The summed E-state index contributed by atoms with van der Waals surface area (Å²) in [5.74, 6) is 0. The van der Waals surface area contributed by atoms with E-state index < -0.39 is 21.1 Å². The molecule has 0 bridgehead atoms. The molecule has 1 radical (unpaired) electrons. The summed E-state index contributed by atoms with van der Waals surface area (Å²) < 4.78 is 10.9. The number of rotatable bonds is 3. The fourth-order valence-corrected chi connectivity index (χ4v) is 1.67. The monoisotopic (exact) mass is 213 g/mol.